The molecule has 7 nitrogen and oxygen atoms in total. The number of aromatic nitrogens is 6. The van der Waals surface area contributed by atoms with Crippen molar-refractivity contribution in [1.82, 2.24) is 29.6 Å². The van der Waals surface area contributed by atoms with Gasteiger partial charge in [0.05, 0.1) is 12.2 Å². The van der Waals surface area contributed by atoms with Crippen molar-refractivity contribution in [2.75, 3.05) is 18.0 Å². The smallest absolute Gasteiger partial charge is 0.353 e. The summed E-state index contributed by atoms with van der Waals surface area (Å²) in [7, 11) is 0. The Morgan fingerprint density at radius 1 is 1.21 bits per heavy atom. The van der Waals surface area contributed by atoms with Gasteiger partial charge in [-0.1, -0.05) is 0 Å². The van der Waals surface area contributed by atoms with Gasteiger partial charge in [-0.3, -0.25) is 4.68 Å². The van der Waals surface area contributed by atoms with Crippen LogP contribution in [-0.4, -0.2) is 42.7 Å². The summed E-state index contributed by atoms with van der Waals surface area (Å²) in [6.07, 6.45) is 0.0202. The summed E-state index contributed by atoms with van der Waals surface area (Å²) in [5.74, 6) is -0.642. The van der Waals surface area contributed by atoms with Crippen LogP contribution < -0.4 is 4.90 Å². The second-order valence-corrected chi connectivity index (χ2v) is 5.87. The molecule has 3 aromatic heterocycles. The van der Waals surface area contributed by atoms with Crippen molar-refractivity contribution >= 4 is 11.5 Å². The van der Waals surface area contributed by atoms with E-state index in [0.717, 1.165) is 16.5 Å². The molecule has 1 unspecified atom stereocenters. The lowest BCUT2D eigenvalue weighted by Gasteiger charge is -2.17. The zero-order chi connectivity index (χ0) is 16.9. The summed E-state index contributed by atoms with van der Waals surface area (Å²) < 4.78 is 41.5. The number of fused-ring (bicyclic) bond motifs is 1. The third-order valence-electron chi connectivity index (χ3n) is 4.09. The monoisotopic (exact) mass is 337 g/mol. The van der Waals surface area contributed by atoms with Gasteiger partial charge in [-0.15, -0.1) is 15.3 Å². The van der Waals surface area contributed by atoms with Crippen LogP contribution in [0.15, 0.2) is 24.5 Å². The number of rotatable bonds is 2. The molecule has 24 heavy (non-hydrogen) atoms. The molecule has 0 saturated carbocycles. The first-order valence-electron chi connectivity index (χ1n) is 7.47. The van der Waals surface area contributed by atoms with E-state index in [1.807, 2.05) is 22.7 Å². The van der Waals surface area contributed by atoms with Crippen LogP contribution in [0.3, 0.4) is 0 Å². The van der Waals surface area contributed by atoms with E-state index in [1.165, 1.54) is 6.07 Å². The molecule has 1 aliphatic rings. The Morgan fingerprint density at radius 2 is 2.04 bits per heavy atom. The van der Waals surface area contributed by atoms with E-state index < -0.39 is 12.0 Å². The Balaban J connectivity index is 1.63. The first-order chi connectivity index (χ1) is 11.4. The fraction of sp³-hybridized carbons (Fsp3) is 0.429. The second kappa shape index (κ2) is 5.18. The van der Waals surface area contributed by atoms with Gasteiger partial charge in [0, 0.05) is 19.3 Å². The molecule has 4 rings (SSSR count). The number of aryl methyl sites for hydroxylation is 1. The Labute approximate surface area is 134 Å². The van der Waals surface area contributed by atoms with Crippen molar-refractivity contribution < 1.29 is 13.2 Å². The molecular formula is C14H14F3N7. The molecule has 0 aliphatic carbocycles. The molecule has 0 spiro atoms. The van der Waals surface area contributed by atoms with Gasteiger partial charge in [0.2, 0.25) is 0 Å². The van der Waals surface area contributed by atoms with Gasteiger partial charge in [0.15, 0.2) is 5.65 Å². The number of nitrogens with zero attached hydrogens (tertiary/aromatic N) is 7. The van der Waals surface area contributed by atoms with Gasteiger partial charge < -0.3 is 4.90 Å². The van der Waals surface area contributed by atoms with Gasteiger partial charge in [0.25, 0.3) is 5.82 Å². The molecule has 1 atom stereocenters. The summed E-state index contributed by atoms with van der Waals surface area (Å²) in [4.78, 5) is 1.95. The molecule has 1 fully saturated rings. The summed E-state index contributed by atoms with van der Waals surface area (Å²) in [6, 6.07) is 3.34. The summed E-state index contributed by atoms with van der Waals surface area (Å²) in [5, 5.41) is 15.1. The van der Waals surface area contributed by atoms with Crippen LogP contribution >= 0.6 is 0 Å². The number of hydrogen-bond acceptors (Lipinski definition) is 5. The quantitative estimate of drug-likeness (QED) is 0.717. The molecule has 0 bridgehead atoms. The minimum Gasteiger partial charge on any atom is -0.353 e. The van der Waals surface area contributed by atoms with Crippen molar-refractivity contribution in [3.63, 3.8) is 0 Å². The average Bonchev–Trinajstić information content (AvgIpc) is 3.23. The normalized spacial score (nSPS) is 18.7. The molecule has 0 radical (unpaired) electrons. The largest absolute Gasteiger partial charge is 0.453 e. The van der Waals surface area contributed by atoms with Crippen LogP contribution in [0.4, 0.5) is 19.0 Å². The molecule has 1 saturated heterocycles. The fourth-order valence-electron chi connectivity index (χ4n) is 2.92. The first kappa shape index (κ1) is 14.9. The summed E-state index contributed by atoms with van der Waals surface area (Å²) >= 11 is 0. The van der Waals surface area contributed by atoms with E-state index in [1.54, 1.807) is 12.3 Å². The van der Waals surface area contributed by atoms with E-state index >= 15 is 0 Å². The van der Waals surface area contributed by atoms with E-state index in [9.17, 15) is 13.2 Å². The Bertz CT molecular complexity index is 882. The minimum absolute atomic E-state index is 0.0736. The molecule has 10 heteroatoms. The lowest BCUT2D eigenvalue weighted by molar-refractivity contribution is -0.146. The maximum Gasteiger partial charge on any atom is 0.453 e. The van der Waals surface area contributed by atoms with E-state index in [4.69, 9.17) is 0 Å². The van der Waals surface area contributed by atoms with Crippen molar-refractivity contribution in [3.05, 3.63) is 35.9 Å². The predicted molar refractivity (Wildman–Crippen MR) is 78.6 cm³/mol. The lowest BCUT2D eigenvalue weighted by atomic mass is 10.3. The maximum atomic E-state index is 13.0. The Morgan fingerprint density at radius 3 is 2.75 bits per heavy atom. The summed E-state index contributed by atoms with van der Waals surface area (Å²) in [6.45, 7) is 3.31. The fourth-order valence-corrected chi connectivity index (χ4v) is 2.92. The van der Waals surface area contributed by atoms with Crippen molar-refractivity contribution in [2.24, 2.45) is 0 Å². The average molecular weight is 337 g/mol. The predicted octanol–water partition coefficient (Wildman–Crippen LogP) is 2.10. The maximum absolute atomic E-state index is 13.0. The highest BCUT2D eigenvalue weighted by Gasteiger charge is 2.38. The van der Waals surface area contributed by atoms with Crippen LogP contribution in [0.5, 0.6) is 0 Å². The zero-order valence-corrected chi connectivity index (χ0v) is 12.8. The number of anilines is 1. The highest BCUT2D eigenvalue weighted by molar-refractivity contribution is 5.46. The van der Waals surface area contributed by atoms with E-state index in [0.29, 0.717) is 18.9 Å². The summed E-state index contributed by atoms with van der Waals surface area (Å²) in [5.41, 5.74) is 1.15. The third kappa shape index (κ3) is 2.47. The zero-order valence-electron chi connectivity index (χ0n) is 12.8. The van der Waals surface area contributed by atoms with Gasteiger partial charge in [-0.05, 0) is 31.0 Å². The molecule has 0 aromatic carbocycles. The highest BCUT2D eigenvalue weighted by Crippen LogP contribution is 2.29. The third-order valence-corrected chi connectivity index (χ3v) is 4.09. The standard InChI is InChI=1S/C14H14F3N7/c1-9-6-18-23(7-9)10-4-5-22(8-10)12-3-2-11-19-20-13(14(15,16)17)24(11)21-12/h2-3,6-7,10H,4-5,8H2,1H3. The molecule has 1 aliphatic heterocycles. The van der Waals surface area contributed by atoms with E-state index in [-0.39, 0.29) is 11.7 Å². The van der Waals surface area contributed by atoms with Crippen LogP contribution in [0.2, 0.25) is 0 Å². The van der Waals surface area contributed by atoms with Crippen molar-refractivity contribution in [1.29, 1.82) is 0 Å². The Kier molecular flexibility index (Phi) is 3.22. The Hall–Kier alpha value is -2.65. The topological polar surface area (TPSA) is 64.1 Å². The van der Waals surface area contributed by atoms with Crippen LogP contribution in [0, 0.1) is 6.92 Å². The second-order valence-electron chi connectivity index (χ2n) is 5.87. The van der Waals surface area contributed by atoms with Crippen molar-refractivity contribution in [2.45, 2.75) is 25.6 Å². The van der Waals surface area contributed by atoms with Crippen LogP contribution in [0.25, 0.3) is 5.65 Å². The number of hydrogen-bond donors (Lipinski definition) is 0. The first-order valence-corrected chi connectivity index (χ1v) is 7.47. The number of halogens is 3. The van der Waals surface area contributed by atoms with Gasteiger partial charge in [-0.25, -0.2) is 0 Å². The molecule has 4 heterocycles. The molecule has 3 aromatic rings. The van der Waals surface area contributed by atoms with Gasteiger partial charge in [0.1, 0.15) is 5.82 Å². The van der Waals surface area contributed by atoms with Gasteiger partial charge in [-0.2, -0.15) is 22.8 Å². The number of alkyl halides is 3. The SMILES string of the molecule is Cc1cnn(C2CCN(c3ccc4nnc(C(F)(F)F)n4n3)C2)c1. The molecule has 126 valence electrons. The molecule has 0 N–H and O–H groups in total. The lowest BCUT2D eigenvalue weighted by Crippen LogP contribution is -2.23. The van der Waals surface area contributed by atoms with Gasteiger partial charge >= 0.3 is 6.18 Å². The van der Waals surface area contributed by atoms with Crippen LogP contribution in [-0.2, 0) is 6.18 Å². The molecule has 0 amide bonds. The van der Waals surface area contributed by atoms with Crippen molar-refractivity contribution in [3.8, 4) is 0 Å². The minimum atomic E-state index is -4.59. The van der Waals surface area contributed by atoms with Crippen LogP contribution in [0.1, 0.15) is 23.9 Å². The highest BCUT2D eigenvalue weighted by atomic mass is 19.4. The van der Waals surface area contributed by atoms with E-state index in [2.05, 4.69) is 20.4 Å². The molecular weight excluding hydrogens is 323 g/mol.